The summed E-state index contributed by atoms with van der Waals surface area (Å²) in [6.07, 6.45) is -3.39. The van der Waals surface area contributed by atoms with Gasteiger partial charge in [0.05, 0.1) is 5.75 Å². The standard InChI is InChI=1S/C13H8F3N3OS/c14-13(15,16)10-5-6-17-12(19-10)21-7-11-18-8-3-1-2-4-9(8)20-11/h1-6H,7H2. The lowest BCUT2D eigenvalue weighted by atomic mass is 10.3. The first-order valence-corrected chi connectivity index (χ1v) is 6.88. The molecule has 3 rings (SSSR count). The molecular weight excluding hydrogens is 303 g/mol. The van der Waals surface area contributed by atoms with E-state index in [0.717, 1.165) is 24.0 Å². The normalized spacial score (nSPS) is 12.0. The van der Waals surface area contributed by atoms with Crippen molar-refractivity contribution in [2.75, 3.05) is 0 Å². The summed E-state index contributed by atoms with van der Waals surface area (Å²) < 4.78 is 43.1. The Labute approximate surface area is 121 Å². The van der Waals surface area contributed by atoms with E-state index in [1.54, 1.807) is 12.1 Å². The number of halogens is 3. The fourth-order valence-corrected chi connectivity index (χ4v) is 2.35. The van der Waals surface area contributed by atoms with Crippen molar-refractivity contribution in [1.82, 2.24) is 15.0 Å². The Morgan fingerprint density at radius 1 is 1.10 bits per heavy atom. The third-order valence-electron chi connectivity index (χ3n) is 2.59. The molecule has 0 saturated carbocycles. The van der Waals surface area contributed by atoms with Crippen molar-refractivity contribution in [3.63, 3.8) is 0 Å². The number of thioether (sulfide) groups is 1. The number of alkyl halides is 3. The summed E-state index contributed by atoms with van der Waals surface area (Å²) in [5, 5.41) is 0.0343. The minimum Gasteiger partial charge on any atom is -0.440 e. The van der Waals surface area contributed by atoms with E-state index in [-0.39, 0.29) is 10.9 Å². The number of fused-ring (bicyclic) bond motifs is 1. The Balaban J connectivity index is 1.75. The molecule has 0 N–H and O–H groups in total. The van der Waals surface area contributed by atoms with Crippen molar-refractivity contribution in [3.05, 3.63) is 48.1 Å². The molecule has 0 atom stereocenters. The topological polar surface area (TPSA) is 51.8 Å². The van der Waals surface area contributed by atoms with Crippen molar-refractivity contribution >= 4 is 22.9 Å². The average molecular weight is 311 g/mol. The van der Waals surface area contributed by atoms with Gasteiger partial charge in [0.25, 0.3) is 0 Å². The number of rotatable bonds is 3. The first-order valence-electron chi connectivity index (χ1n) is 5.90. The largest absolute Gasteiger partial charge is 0.440 e. The van der Waals surface area contributed by atoms with Crippen LogP contribution in [-0.2, 0) is 11.9 Å². The predicted octanol–water partition coefficient (Wildman–Crippen LogP) is 3.93. The molecule has 2 heterocycles. The van der Waals surface area contributed by atoms with Gasteiger partial charge in [-0.05, 0) is 18.2 Å². The predicted molar refractivity (Wildman–Crippen MR) is 70.6 cm³/mol. The van der Waals surface area contributed by atoms with Crippen LogP contribution in [-0.4, -0.2) is 15.0 Å². The highest BCUT2D eigenvalue weighted by molar-refractivity contribution is 7.98. The molecule has 0 unspecified atom stereocenters. The van der Waals surface area contributed by atoms with Crippen LogP contribution in [0.4, 0.5) is 13.2 Å². The molecule has 0 radical (unpaired) electrons. The number of benzene rings is 1. The molecule has 0 saturated heterocycles. The summed E-state index contributed by atoms with van der Waals surface area (Å²) in [7, 11) is 0. The Bertz CT molecular complexity index is 739. The Kier molecular flexibility index (Phi) is 3.54. The maximum Gasteiger partial charge on any atom is 0.433 e. The molecule has 0 aliphatic rings. The van der Waals surface area contributed by atoms with Crippen LogP contribution < -0.4 is 0 Å². The maximum atomic E-state index is 12.5. The quantitative estimate of drug-likeness (QED) is 0.542. The Hall–Kier alpha value is -2.09. The first kappa shape index (κ1) is 13.9. The lowest BCUT2D eigenvalue weighted by molar-refractivity contribution is -0.141. The number of oxazole rings is 1. The van der Waals surface area contributed by atoms with Crippen molar-refractivity contribution in [2.24, 2.45) is 0 Å². The lowest BCUT2D eigenvalue weighted by Crippen LogP contribution is -2.08. The second-order valence-electron chi connectivity index (χ2n) is 4.09. The number of nitrogens with zero attached hydrogens (tertiary/aromatic N) is 3. The van der Waals surface area contributed by atoms with Crippen molar-refractivity contribution < 1.29 is 17.6 Å². The van der Waals surface area contributed by atoms with E-state index >= 15 is 0 Å². The summed E-state index contributed by atoms with van der Waals surface area (Å²) >= 11 is 1.04. The summed E-state index contributed by atoms with van der Waals surface area (Å²) in [6, 6.07) is 8.06. The highest BCUT2D eigenvalue weighted by atomic mass is 32.2. The van der Waals surface area contributed by atoms with E-state index < -0.39 is 11.9 Å². The molecule has 4 nitrogen and oxygen atoms in total. The average Bonchev–Trinajstić information content (AvgIpc) is 2.87. The smallest absolute Gasteiger partial charge is 0.433 e. The molecule has 21 heavy (non-hydrogen) atoms. The van der Waals surface area contributed by atoms with Gasteiger partial charge in [-0.1, -0.05) is 23.9 Å². The van der Waals surface area contributed by atoms with Gasteiger partial charge < -0.3 is 4.42 Å². The highest BCUT2D eigenvalue weighted by Crippen LogP contribution is 2.29. The van der Waals surface area contributed by atoms with Crippen molar-refractivity contribution in [2.45, 2.75) is 17.1 Å². The van der Waals surface area contributed by atoms with E-state index in [1.807, 2.05) is 12.1 Å². The number of hydrogen-bond acceptors (Lipinski definition) is 5. The minimum absolute atomic E-state index is 0.0343. The molecule has 108 valence electrons. The summed E-state index contributed by atoms with van der Waals surface area (Å²) in [5.74, 6) is 0.679. The molecule has 3 aromatic rings. The third kappa shape index (κ3) is 3.15. The van der Waals surface area contributed by atoms with E-state index in [0.29, 0.717) is 17.0 Å². The fourth-order valence-electron chi connectivity index (χ4n) is 1.68. The van der Waals surface area contributed by atoms with E-state index in [1.165, 1.54) is 0 Å². The SMILES string of the molecule is FC(F)(F)c1ccnc(SCc2nc3ccccc3o2)n1. The Morgan fingerprint density at radius 3 is 2.67 bits per heavy atom. The van der Waals surface area contributed by atoms with E-state index in [4.69, 9.17) is 4.42 Å². The van der Waals surface area contributed by atoms with Crippen LogP contribution in [0.25, 0.3) is 11.1 Å². The zero-order chi connectivity index (χ0) is 14.9. The third-order valence-corrected chi connectivity index (χ3v) is 3.43. The summed E-state index contributed by atoms with van der Waals surface area (Å²) in [4.78, 5) is 11.5. The van der Waals surface area contributed by atoms with Gasteiger partial charge in [0.15, 0.2) is 10.7 Å². The second-order valence-corrected chi connectivity index (χ2v) is 5.03. The van der Waals surface area contributed by atoms with Crippen LogP contribution in [0.5, 0.6) is 0 Å². The molecule has 0 aliphatic carbocycles. The molecule has 0 spiro atoms. The van der Waals surface area contributed by atoms with E-state index in [9.17, 15) is 13.2 Å². The van der Waals surface area contributed by atoms with Gasteiger partial charge in [-0.25, -0.2) is 15.0 Å². The van der Waals surface area contributed by atoms with Gasteiger partial charge in [0.2, 0.25) is 5.89 Å². The van der Waals surface area contributed by atoms with Gasteiger partial charge in [0, 0.05) is 6.20 Å². The van der Waals surface area contributed by atoms with E-state index in [2.05, 4.69) is 15.0 Å². The maximum absolute atomic E-state index is 12.5. The van der Waals surface area contributed by atoms with Gasteiger partial charge in [0.1, 0.15) is 11.2 Å². The van der Waals surface area contributed by atoms with Gasteiger partial charge >= 0.3 is 6.18 Å². The summed E-state index contributed by atoms with van der Waals surface area (Å²) in [6.45, 7) is 0. The zero-order valence-electron chi connectivity index (χ0n) is 10.5. The van der Waals surface area contributed by atoms with Crippen molar-refractivity contribution in [1.29, 1.82) is 0 Å². The van der Waals surface area contributed by atoms with Crippen LogP contribution >= 0.6 is 11.8 Å². The van der Waals surface area contributed by atoms with Gasteiger partial charge in [-0.15, -0.1) is 0 Å². The number of hydrogen-bond donors (Lipinski definition) is 0. The van der Waals surface area contributed by atoms with Crippen LogP contribution in [0.2, 0.25) is 0 Å². The summed E-state index contributed by atoms with van der Waals surface area (Å²) in [5.41, 5.74) is 0.383. The second kappa shape index (κ2) is 5.36. The molecule has 8 heteroatoms. The molecule has 1 aromatic carbocycles. The number of aromatic nitrogens is 3. The van der Waals surface area contributed by atoms with Gasteiger partial charge in [-0.3, -0.25) is 0 Å². The number of para-hydroxylation sites is 2. The molecule has 2 aromatic heterocycles. The van der Waals surface area contributed by atoms with Crippen LogP contribution in [0, 0.1) is 0 Å². The fraction of sp³-hybridized carbons (Fsp3) is 0.154. The van der Waals surface area contributed by atoms with Crippen LogP contribution in [0.1, 0.15) is 11.6 Å². The van der Waals surface area contributed by atoms with Crippen LogP contribution in [0.3, 0.4) is 0 Å². The molecule has 0 amide bonds. The first-order chi connectivity index (χ1) is 10.0. The lowest BCUT2D eigenvalue weighted by Gasteiger charge is -2.05. The monoisotopic (exact) mass is 311 g/mol. The minimum atomic E-state index is -4.48. The highest BCUT2D eigenvalue weighted by Gasteiger charge is 2.32. The molecule has 0 bridgehead atoms. The zero-order valence-corrected chi connectivity index (χ0v) is 11.3. The van der Waals surface area contributed by atoms with Gasteiger partial charge in [-0.2, -0.15) is 13.2 Å². The van der Waals surface area contributed by atoms with Crippen LogP contribution in [0.15, 0.2) is 46.1 Å². The van der Waals surface area contributed by atoms with Crippen molar-refractivity contribution in [3.8, 4) is 0 Å². The molecule has 0 aliphatic heterocycles. The molecule has 0 fully saturated rings. The molecular formula is C13H8F3N3OS. The Morgan fingerprint density at radius 2 is 1.90 bits per heavy atom.